The fourth-order valence-corrected chi connectivity index (χ4v) is 2.70. The maximum Gasteiger partial charge on any atom is 0.147 e. The van der Waals surface area contributed by atoms with E-state index in [-0.39, 0.29) is 0 Å². The van der Waals surface area contributed by atoms with Crippen LogP contribution < -0.4 is 10.6 Å². The lowest BCUT2D eigenvalue weighted by atomic mass is 10.2. The molecule has 1 rings (SSSR count). The summed E-state index contributed by atoms with van der Waals surface area (Å²) in [5.41, 5.74) is 0. The molecule has 0 atom stereocenters. The van der Waals surface area contributed by atoms with Crippen LogP contribution in [0.2, 0.25) is 10.0 Å². The zero-order valence-corrected chi connectivity index (χ0v) is 14.3. The first-order chi connectivity index (χ1) is 9.36. The van der Waals surface area contributed by atoms with E-state index in [1.807, 2.05) is 0 Å². The van der Waals surface area contributed by atoms with Gasteiger partial charge < -0.3 is 10.6 Å². The molecule has 1 aromatic heterocycles. The minimum Gasteiger partial charge on any atom is -0.372 e. The summed E-state index contributed by atoms with van der Waals surface area (Å²) in [6.45, 7) is 10.5. The predicted molar refractivity (Wildman–Crippen MR) is 89.3 cm³/mol. The van der Waals surface area contributed by atoms with Gasteiger partial charge >= 0.3 is 0 Å². The predicted octanol–water partition coefficient (Wildman–Crippen LogP) is 3.96. The standard InChI is InChI=1S/C14H24Cl2N4/c1-9(2)20(10(3)4)7-6-18-14-12(16)8-11(15)13(17-5)19-14/h8-10H,6-7H2,1-5H3,(H2,17,18,19). The molecule has 6 heteroatoms. The van der Waals surface area contributed by atoms with Gasteiger partial charge in [-0.3, -0.25) is 4.90 Å². The number of hydrogen-bond donors (Lipinski definition) is 2. The average molecular weight is 319 g/mol. The van der Waals surface area contributed by atoms with E-state index in [0.29, 0.717) is 33.8 Å². The highest BCUT2D eigenvalue weighted by molar-refractivity contribution is 6.37. The smallest absolute Gasteiger partial charge is 0.147 e. The molecule has 0 aliphatic rings. The Morgan fingerprint density at radius 3 is 2.15 bits per heavy atom. The number of pyridine rings is 1. The molecule has 0 aliphatic heterocycles. The maximum absolute atomic E-state index is 6.15. The number of anilines is 2. The first kappa shape index (κ1) is 17.3. The van der Waals surface area contributed by atoms with E-state index in [0.717, 1.165) is 13.1 Å². The average Bonchev–Trinajstić information content (AvgIpc) is 2.35. The van der Waals surface area contributed by atoms with E-state index in [9.17, 15) is 0 Å². The first-order valence-corrected chi connectivity index (χ1v) is 7.65. The molecule has 0 aliphatic carbocycles. The molecule has 0 saturated carbocycles. The lowest BCUT2D eigenvalue weighted by Crippen LogP contribution is -2.40. The summed E-state index contributed by atoms with van der Waals surface area (Å²) in [7, 11) is 1.78. The second-order valence-electron chi connectivity index (χ2n) is 5.25. The largest absolute Gasteiger partial charge is 0.372 e. The Bertz CT molecular complexity index is 427. The normalized spacial score (nSPS) is 11.5. The number of hydrogen-bond acceptors (Lipinski definition) is 4. The third-order valence-electron chi connectivity index (χ3n) is 3.16. The molecule has 114 valence electrons. The van der Waals surface area contributed by atoms with Crippen molar-refractivity contribution < 1.29 is 0 Å². The monoisotopic (exact) mass is 318 g/mol. The highest BCUT2D eigenvalue weighted by atomic mass is 35.5. The minimum absolute atomic E-state index is 0.512. The molecule has 0 bridgehead atoms. The van der Waals surface area contributed by atoms with Crippen LogP contribution in [-0.4, -0.2) is 42.1 Å². The van der Waals surface area contributed by atoms with Crippen LogP contribution in [0.5, 0.6) is 0 Å². The molecule has 20 heavy (non-hydrogen) atoms. The lowest BCUT2D eigenvalue weighted by molar-refractivity contribution is 0.182. The number of rotatable bonds is 7. The Hall–Kier alpha value is -0.710. The van der Waals surface area contributed by atoms with E-state index in [4.69, 9.17) is 23.2 Å². The molecule has 0 fully saturated rings. The summed E-state index contributed by atoms with van der Waals surface area (Å²) < 4.78 is 0. The van der Waals surface area contributed by atoms with Gasteiger partial charge in [0.05, 0.1) is 10.0 Å². The summed E-state index contributed by atoms with van der Waals surface area (Å²) in [6, 6.07) is 2.73. The number of nitrogens with one attached hydrogen (secondary N) is 2. The van der Waals surface area contributed by atoms with Crippen LogP contribution in [0.25, 0.3) is 0 Å². The van der Waals surface area contributed by atoms with Crippen LogP contribution in [0.4, 0.5) is 11.6 Å². The van der Waals surface area contributed by atoms with Gasteiger partial charge in [-0.1, -0.05) is 23.2 Å². The van der Waals surface area contributed by atoms with Gasteiger partial charge in [-0.2, -0.15) is 0 Å². The highest BCUT2D eigenvalue weighted by Gasteiger charge is 2.13. The van der Waals surface area contributed by atoms with Crippen molar-refractivity contribution in [1.29, 1.82) is 0 Å². The maximum atomic E-state index is 6.15. The summed E-state index contributed by atoms with van der Waals surface area (Å²) in [5.74, 6) is 1.29. The van der Waals surface area contributed by atoms with E-state index in [2.05, 4.69) is 48.2 Å². The van der Waals surface area contributed by atoms with Crippen molar-refractivity contribution in [2.24, 2.45) is 0 Å². The van der Waals surface area contributed by atoms with Gasteiger partial charge in [-0.15, -0.1) is 0 Å². The number of aromatic nitrogens is 1. The molecule has 1 aromatic rings. The van der Waals surface area contributed by atoms with E-state index < -0.39 is 0 Å². The van der Waals surface area contributed by atoms with Crippen molar-refractivity contribution in [1.82, 2.24) is 9.88 Å². The molecule has 2 N–H and O–H groups in total. The van der Waals surface area contributed by atoms with Crippen LogP contribution in [-0.2, 0) is 0 Å². The van der Waals surface area contributed by atoms with Crippen molar-refractivity contribution >= 4 is 34.8 Å². The van der Waals surface area contributed by atoms with Gasteiger partial charge in [0.15, 0.2) is 0 Å². The molecule has 0 spiro atoms. The van der Waals surface area contributed by atoms with E-state index in [1.54, 1.807) is 13.1 Å². The number of halogens is 2. The van der Waals surface area contributed by atoms with Crippen LogP contribution in [0, 0.1) is 0 Å². The van der Waals surface area contributed by atoms with Crippen molar-refractivity contribution in [3.8, 4) is 0 Å². The SMILES string of the molecule is CNc1nc(NCCN(C(C)C)C(C)C)c(Cl)cc1Cl. The van der Waals surface area contributed by atoms with Crippen molar-refractivity contribution in [3.05, 3.63) is 16.1 Å². The van der Waals surface area contributed by atoms with Crippen LogP contribution in [0.3, 0.4) is 0 Å². The van der Waals surface area contributed by atoms with Crippen LogP contribution >= 0.6 is 23.2 Å². The minimum atomic E-state index is 0.512. The second kappa shape index (κ2) is 7.91. The molecule has 0 unspecified atom stereocenters. The van der Waals surface area contributed by atoms with Crippen LogP contribution in [0.1, 0.15) is 27.7 Å². The van der Waals surface area contributed by atoms with E-state index in [1.165, 1.54) is 0 Å². The highest BCUT2D eigenvalue weighted by Crippen LogP contribution is 2.28. The van der Waals surface area contributed by atoms with Gasteiger partial charge in [-0.05, 0) is 33.8 Å². The molecule has 0 aromatic carbocycles. The van der Waals surface area contributed by atoms with Crippen molar-refractivity contribution in [2.75, 3.05) is 30.8 Å². The van der Waals surface area contributed by atoms with Gasteiger partial charge in [0.1, 0.15) is 11.6 Å². The summed E-state index contributed by atoms with van der Waals surface area (Å²) in [6.07, 6.45) is 0. The third-order valence-corrected chi connectivity index (χ3v) is 3.73. The Kier molecular flexibility index (Phi) is 6.86. The zero-order valence-electron chi connectivity index (χ0n) is 12.8. The Balaban J connectivity index is 2.66. The third kappa shape index (κ3) is 4.69. The summed E-state index contributed by atoms with van der Waals surface area (Å²) in [5, 5.41) is 7.28. The first-order valence-electron chi connectivity index (χ1n) is 6.90. The Labute approximate surface area is 131 Å². The van der Waals surface area contributed by atoms with Gasteiger partial charge in [0, 0.05) is 32.2 Å². The lowest BCUT2D eigenvalue weighted by Gasteiger charge is -2.30. The topological polar surface area (TPSA) is 40.2 Å². The zero-order chi connectivity index (χ0) is 15.3. The van der Waals surface area contributed by atoms with E-state index >= 15 is 0 Å². The quantitative estimate of drug-likeness (QED) is 0.798. The van der Waals surface area contributed by atoms with Crippen molar-refractivity contribution in [3.63, 3.8) is 0 Å². The molecular formula is C14H24Cl2N4. The Morgan fingerprint density at radius 1 is 1.10 bits per heavy atom. The fraction of sp³-hybridized carbons (Fsp3) is 0.643. The molecule has 0 saturated heterocycles. The summed E-state index contributed by atoms with van der Waals surface area (Å²) >= 11 is 12.2. The van der Waals surface area contributed by atoms with Crippen molar-refractivity contribution in [2.45, 2.75) is 39.8 Å². The second-order valence-corrected chi connectivity index (χ2v) is 6.07. The van der Waals surface area contributed by atoms with Gasteiger partial charge in [0.25, 0.3) is 0 Å². The summed E-state index contributed by atoms with van der Waals surface area (Å²) in [4.78, 5) is 6.78. The van der Waals surface area contributed by atoms with Crippen LogP contribution in [0.15, 0.2) is 6.07 Å². The molecule has 4 nitrogen and oxygen atoms in total. The van der Waals surface area contributed by atoms with Gasteiger partial charge in [0.2, 0.25) is 0 Å². The molecule has 1 heterocycles. The van der Waals surface area contributed by atoms with Gasteiger partial charge in [-0.25, -0.2) is 4.98 Å². The number of nitrogens with zero attached hydrogens (tertiary/aromatic N) is 2. The molecule has 0 radical (unpaired) electrons. The fourth-order valence-electron chi connectivity index (χ4n) is 2.18. The molecule has 0 amide bonds. The Morgan fingerprint density at radius 2 is 1.65 bits per heavy atom. The molecular weight excluding hydrogens is 295 g/mol.